The second kappa shape index (κ2) is 9.44. The van der Waals surface area contributed by atoms with E-state index in [0.717, 1.165) is 23.5 Å². The van der Waals surface area contributed by atoms with Crippen LogP contribution in [0.4, 0.5) is 0 Å². The van der Waals surface area contributed by atoms with Gasteiger partial charge in [0, 0.05) is 33.5 Å². The molecule has 0 heterocycles. The van der Waals surface area contributed by atoms with Gasteiger partial charge in [-0.2, -0.15) is 50.5 Å². The van der Waals surface area contributed by atoms with Crippen LogP contribution in [-0.2, 0) is 4.79 Å². The van der Waals surface area contributed by atoms with E-state index >= 15 is 0 Å². The Morgan fingerprint density at radius 3 is 1.71 bits per heavy atom. The van der Waals surface area contributed by atoms with Crippen LogP contribution in [0.5, 0.6) is 0 Å². The topological polar surface area (TPSA) is 57.5 Å². The molecule has 17 heavy (non-hydrogen) atoms. The second-order valence-corrected chi connectivity index (χ2v) is 8.06. The molecule has 2 unspecified atom stereocenters. The lowest BCUT2D eigenvalue weighted by molar-refractivity contribution is -0.143. The molecule has 0 saturated heterocycles. The van der Waals surface area contributed by atoms with Crippen LogP contribution in [0, 0.1) is 0 Å². The molecule has 0 aliphatic rings. The van der Waals surface area contributed by atoms with E-state index in [9.17, 15) is 9.90 Å². The molecular weight excluding hydrogens is 336 g/mol. The molecule has 0 bridgehead atoms. The molecule has 0 rings (SSSR count). The minimum atomic E-state index is -1.85. The van der Waals surface area contributed by atoms with Crippen LogP contribution in [0.2, 0.25) is 0 Å². The summed E-state index contributed by atoms with van der Waals surface area (Å²) in [6.45, 7) is 0. The van der Waals surface area contributed by atoms with Crippen LogP contribution in [0.3, 0.4) is 0 Å². The molecule has 0 aromatic carbocycles. The van der Waals surface area contributed by atoms with Crippen molar-refractivity contribution < 1.29 is 15.0 Å². The number of hydrogen-bond donors (Lipinski definition) is 6. The first-order chi connectivity index (χ1) is 7.85. The molecule has 0 aromatic rings. The minimum absolute atomic E-state index is 0.0496. The average Bonchev–Trinajstić information content (AvgIpc) is 2.32. The van der Waals surface area contributed by atoms with Crippen molar-refractivity contribution in [1.29, 1.82) is 0 Å². The van der Waals surface area contributed by atoms with Gasteiger partial charge in [0.1, 0.15) is 0 Å². The Bertz CT molecular complexity index is 225. The molecule has 0 aromatic heterocycles. The van der Waals surface area contributed by atoms with Gasteiger partial charge < -0.3 is 10.2 Å². The first kappa shape index (κ1) is 18.5. The lowest BCUT2D eigenvalue weighted by Crippen LogP contribution is -2.34. The summed E-state index contributed by atoms with van der Waals surface area (Å²) in [5.41, 5.74) is 0. The van der Waals surface area contributed by atoms with Crippen molar-refractivity contribution in [3.8, 4) is 0 Å². The van der Waals surface area contributed by atoms with Gasteiger partial charge in [0.05, 0.1) is 0 Å². The van der Waals surface area contributed by atoms with Crippen molar-refractivity contribution in [2.45, 2.75) is 14.8 Å². The highest BCUT2D eigenvalue weighted by molar-refractivity contribution is 8.19. The fourth-order valence-electron chi connectivity index (χ4n) is 0.689. The van der Waals surface area contributed by atoms with E-state index in [2.05, 4.69) is 50.5 Å². The maximum absolute atomic E-state index is 11.0. The highest BCUT2D eigenvalue weighted by atomic mass is 32.2. The highest BCUT2D eigenvalue weighted by Crippen LogP contribution is 2.36. The van der Waals surface area contributed by atoms with Crippen LogP contribution in [0.25, 0.3) is 0 Å². The van der Waals surface area contributed by atoms with E-state index < -0.39 is 10.2 Å². The van der Waals surface area contributed by atoms with Gasteiger partial charge in [-0.05, 0) is 0 Å². The van der Waals surface area contributed by atoms with Gasteiger partial charge in [-0.15, -0.1) is 23.5 Å². The van der Waals surface area contributed by atoms with E-state index in [0.29, 0.717) is 23.0 Å². The molecule has 0 saturated carbocycles. The predicted molar refractivity (Wildman–Crippen MR) is 90.8 cm³/mol. The Morgan fingerprint density at radius 2 is 1.47 bits per heavy atom. The number of rotatable bonds is 9. The third kappa shape index (κ3) is 7.64. The smallest absolute Gasteiger partial charge is 0.357 e. The zero-order valence-electron chi connectivity index (χ0n) is 8.89. The molecule has 0 aliphatic heterocycles. The molecule has 9 heteroatoms. The maximum atomic E-state index is 11.0. The summed E-state index contributed by atoms with van der Waals surface area (Å²) in [5.74, 6) is 0.637. The fourth-order valence-corrected chi connectivity index (χ4v) is 3.80. The number of thiol groups is 4. The summed E-state index contributed by atoms with van der Waals surface area (Å²) >= 11 is 18.4. The molecule has 2 atom stereocenters. The Hall–Kier alpha value is 1.53. The van der Waals surface area contributed by atoms with Crippen molar-refractivity contribution in [3.63, 3.8) is 0 Å². The molecule has 0 spiro atoms. The monoisotopic (exact) mass is 352 g/mol. The number of aliphatic carboxylic acids is 1. The van der Waals surface area contributed by atoms with Crippen LogP contribution >= 0.6 is 74.0 Å². The molecule has 0 fully saturated rings. The van der Waals surface area contributed by atoms with Crippen LogP contribution in [0.1, 0.15) is 0 Å². The van der Waals surface area contributed by atoms with Crippen molar-refractivity contribution in [3.05, 3.63) is 0 Å². The zero-order chi connectivity index (χ0) is 13.5. The number of carboxylic acid groups (broad SMARTS) is 1. The van der Waals surface area contributed by atoms with Crippen LogP contribution in [0.15, 0.2) is 0 Å². The van der Waals surface area contributed by atoms with E-state index in [1.807, 2.05) is 0 Å². The first-order valence-corrected chi connectivity index (χ1v) is 8.94. The molecule has 102 valence electrons. The number of carboxylic acids is 1. The van der Waals surface area contributed by atoms with Gasteiger partial charge in [0.2, 0.25) is 0 Å². The molecular formula is C8H16O3S6. The van der Waals surface area contributed by atoms with Gasteiger partial charge >= 0.3 is 5.97 Å². The lowest BCUT2D eigenvalue weighted by atomic mass is 10.5. The normalized spacial score (nSPS) is 18.4. The van der Waals surface area contributed by atoms with E-state index in [1.54, 1.807) is 0 Å². The van der Waals surface area contributed by atoms with Crippen LogP contribution < -0.4 is 0 Å². The third-order valence-electron chi connectivity index (χ3n) is 1.63. The number of aliphatic hydroxyl groups is 1. The van der Waals surface area contributed by atoms with E-state index in [-0.39, 0.29) is 10.5 Å². The largest absolute Gasteiger partial charge is 0.478 e. The van der Waals surface area contributed by atoms with Crippen molar-refractivity contribution in [2.75, 3.05) is 23.0 Å². The van der Waals surface area contributed by atoms with Gasteiger partial charge in [-0.3, -0.25) is 0 Å². The molecule has 2 N–H and O–H groups in total. The summed E-state index contributed by atoms with van der Waals surface area (Å²) < 4.78 is -1.85. The molecule has 0 radical (unpaired) electrons. The van der Waals surface area contributed by atoms with Gasteiger partial charge in [0.15, 0.2) is 0 Å². The van der Waals surface area contributed by atoms with Crippen LogP contribution in [-0.4, -0.2) is 54.0 Å². The second-order valence-electron chi connectivity index (χ2n) is 3.18. The first-order valence-electron chi connectivity index (χ1n) is 4.67. The standard InChI is InChI=1S/C8H16O3S6/c9-7(10)8(11,16-3-5(14)1-12)17-4-6(15)2-13/h5-6,11-15H,1-4H2,(H,9,10). The number of hydrogen-bond acceptors (Lipinski definition) is 8. The third-order valence-corrected chi connectivity index (χ3v) is 7.29. The summed E-state index contributed by atoms with van der Waals surface area (Å²) in [6.07, 6.45) is 0. The summed E-state index contributed by atoms with van der Waals surface area (Å²) in [5, 5.41) is 18.9. The zero-order valence-corrected chi connectivity index (χ0v) is 14.1. The minimum Gasteiger partial charge on any atom is -0.478 e. The number of thioether (sulfide) groups is 2. The maximum Gasteiger partial charge on any atom is 0.357 e. The van der Waals surface area contributed by atoms with Crippen molar-refractivity contribution in [1.82, 2.24) is 0 Å². The van der Waals surface area contributed by atoms with E-state index in [1.165, 1.54) is 0 Å². The quantitative estimate of drug-likeness (QED) is 0.281. The Morgan fingerprint density at radius 1 is 1.12 bits per heavy atom. The van der Waals surface area contributed by atoms with Gasteiger partial charge in [-0.25, -0.2) is 4.79 Å². The summed E-state index contributed by atoms with van der Waals surface area (Å²) in [4.78, 5) is 11.0. The average molecular weight is 353 g/mol. The fraction of sp³-hybridized carbons (Fsp3) is 0.875. The Kier molecular flexibility index (Phi) is 10.3. The Labute approximate surface area is 132 Å². The summed E-state index contributed by atoms with van der Waals surface area (Å²) in [6, 6.07) is 0. The number of carbonyl (C=O) groups is 1. The van der Waals surface area contributed by atoms with Gasteiger partial charge in [-0.1, -0.05) is 0 Å². The van der Waals surface area contributed by atoms with Crippen molar-refractivity contribution in [2.24, 2.45) is 0 Å². The van der Waals surface area contributed by atoms with Gasteiger partial charge in [0.25, 0.3) is 4.27 Å². The lowest BCUT2D eigenvalue weighted by Gasteiger charge is -2.24. The predicted octanol–water partition coefficient (Wildman–Crippen LogP) is 1.64. The molecule has 3 nitrogen and oxygen atoms in total. The van der Waals surface area contributed by atoms with E-state index in [4.69, 9.17) is 5.11 Å². The highest BCUT2D eigenvalue weighted by Gasteiger charge is 2.38. The molecule has 0 aliphatic carbocycles. The Balaban J connectivity index is 4.31. The molecule has 0 amide bonds. The SMILES string of the molecule is O=C(O)C(O)(SCC(S)CS)SCC(S)CS. The van der Waals surface area contributed by atoms with Crippen molar-refractivity contribution >= 4 is 80.0 Å². The summed E-state index contributed by atoms with van der Waals surface area (Å²) in [7, 11) is 0.